The Kier molecular flexibility index (Phi) is 2.49. The molecule has 0 unspecified atom stereocenters. The Balaban J connectivity index is 2.84. The van der Waals surface area contributed by atoms with Crippen molar-refractivity contribution in [3.8, 4) is 0 Å². The summed E-state index contributed by atoms with van der Waals surface area (Å²) in [4.78, 5) is 11.0. The maximum absolute atomic E-state index is 11.0. The number of carbonyl (C=O) groups is 1. The smallest absolute Gasteiger partial charge is 0.248 e. The van der Waals surface area contributed by atoms with Crippen LogP contribution in [0.3, 0.4) is 0 Å². The number of hydrogen-bond acceptors (Lipinski definition) is 1. The number of hydrogen-bond donors (Lipinski definition) is 1. The van der Waals surface area contributed by atoms with Gasteiger partial charge in [-0.3, -0.25) is 4.79 Å². The van der Waals surface area contributed by atoms with Crippen molar-refractivity contribution < 1.29 is 4.79 Å². The van der Waals surface area contributed by atoms with E-state index in [0.717, 1.165) is 29.4 Å². The zero-order chi connectivity index (χ0) is 7.56. The van der Waals surface area contributed by atoms with Crippen molar-refractivity contribution in [2.75, 3.05) is 6.54 Å². The zero-order valence-electron chi connectivity index (χ0n) is 5.91. The molecule has 0 aromatic carbocycles. The molecule has 1 aliphatic heterocycles. The van der Waals surface area contributed by atoms with Gasteiger partial charge in [0, 0.05) is 16.6 Å². The van der Waals surface area contributed by atoms with E-state index in [4.69, 9.17) is 0 Å². The molecule has 1 N–H and O–H groups in total. The van der Waals surface area contributed by atoms with Gasteiger partial charge in [-0.1, -0.05) is 22.9 Å². The van der Waals surface area contributed by atoms with E-state index in [2.05, 4.69) is 21.2 Å². The summed E-state index contributed by atoms with van der Waals surface area (Å²) in [6.07, 6.45) is 1.75. The molecule has 1 rings (SSSR count). The minimum Gasteiger partial charge on any atom is -0.352 e. The second kappa shape index (κ2) is 3.19. The van der Waals surface area contributed by atoms with Gasteiger partial charge in [-0.05, 0) is 12.8 Å². The van der Waals surface area contributed by atoms with E-state index >= 15 is 0 Å². The molecule has 1 aliphatic rings. The van der Waals surface area contributed by atoms with Crippen LogP contribution in [0.5, 0.6) is 0 Å². The van der Waals surface area contributed by atoms with Gasteiger partial charge in [-0.2, -0.15) is 0 Å². The lowest BCUT2D eigenvalue weighted by Crippen LogP contribution is -2.30. The van der Waals surface area contributed by atoms with Crippen LogP contribution in [0.1, 0.15) is 19.8 Å². The van der Waals surface area contributed by atoms with Crippen molar-refractivity contribution in [1.29, 1.82) is 0 Å². The topological polar surface area (TPSA) is 29.1 Å². The summed E-state index contributed by atoms with van der Waals surface area (Å²) >= 11 is 3.37. The summed E-state index contributed by atoms with van der Waals surface area (Å²) in [5.41, 5.74) is 0.895. The highest BCUT2D eigenvalue weighted by molar-refractivity contribution is 9.11. The third-order valence-electron chi connectivity index (χ3n) is 1.59. The maximum Gasteiger partial charge on any atom is 0.248 e. The number of amides is 1. The molecule has 0 aromatic heterocycles. The monoisotopic (exact) mass is 203 g/mol. The first-order valence-corrected chi connectivity index (χ1v) is 4.20. The van der Waals surface area contributed by atoms with E-state index in [-0.39, 0.29) is 5.91 Å². The Labute approximate surface area is 68.8 Å². The molecular formula is C7H10BrNO. The van der Waals surface area contributed by atoms with E-state index in [1.54, 1.807) is 0 Å². The van der Waals surface area contributed by atoms with Crippen LogP contribution in [0.25, 0.3) is 0 Å². The van der Waals surface area contributed by atoms with Gasteiger partial charge >= 0.3 is 0 Å². The van der Waals surface area contributed by atoms with Gasteiger partial charge in [0.05, 0.1) is 0 Å². The van der Waals surface area contributed by atoms with E-state index in [1.165, 1.54) is 0 Å². The van der Waals surface area contributed by atoms with E-state index in [1.807, 2.05) is 6.92 Å². The molecule has 1 amide bonds. The molecular weight excluding hydrogens is 194 g/mol. The van der Waals surface area contributed by atoms with Gasteiger partial charge in [0.1, 0.15) is 0 Å². The Morgan fingerprint density at radius 2 is 2.40 bits per heavy atom. The van der Waals surface area contributed by atoms with E-state index < -0.39 is 0 Å². The van der Waals surface area contributed by atoms with E-state index in [0.29, 0.717) is 0 Å². The van der Waals surface area contributed by atoms with Crippen LogP contribution in [-0.2, 0) is 4.79 Å². The Morgan fingerprint density at radius 1 is 1.70 bits per heavy atom. The molecule has 0 bridgehead atoms. The van der Waals surface area contributed by atoms with Gasteiger partial charge in [-0.15, -0.1) is 0 Å². The van der Waals surface area contributed by atoms with Crippen LogP contribution in [0.2, 0.25) is 0 Å². The summed E-state index contributed by atoms with van der Waals surface area (Å²) < 4.78 is 1.07. The Hall–Kier alpha value is -0.310. The zero-order valence-corrected chi connectivity index (χ0v) is 7.49. The molecule has 56 valence electrons. The highest BCUT2D eigenvalue weighted by atomic mass is 79.9. The summed E-state index contributed by atoms with van der Waals surface area (Å²) in [7, 11) is 0. The molecule has 3 heteroatoms. The van der Waals surface area contributed by atoms with Crippen LogP contribution in [0.4, 0.5) is 0 Å². The third kappa shape index (κ3) is 1.40. The summed E-state index contributed by atoms with van der Waals surface area (Å²) in [5, 5.41) is 2.79. The van der Waals surface area contributed by atoms with Crippen LogP contribution in [0, 0.1) is 0 Å². The first-order chi connectivity index (χ1) is 4.75. The number of rotatable bonds is 1. The van der Waals surface area contributed by atoms with Crippen molar-refractivity contribution in [1.82, 2.24) is 5.32 Å². The molecule has 0 aromatic rings. The first-order valence-electron chi connectivity index (χ1n) is 3.41. The van der Waals surface area contributed by atoms with Crippen molar-refractivity contribution in [3.05, 3.63) is 10.1 Å². The molecule has 10 heavy (non-hydrogen) atoms. The molecule has 0 saturated heterocycles. The van der Waals surface area contributed by atoms with Crippen LogP contribution in [0.15, 0.2) is 10.1 Å². The predicted molar refractivity (Wildman–Crippen MR) is 43.9 cm³/mol. The number of nitrogens with one attached hydrogen (secondary N) is 1. The Bertz CT molecular complexity index is 186. The fraction of sp³-hybridized carbons (Fsp3) is 0.571. The lowest BCUT2D eigenvalue weighted by Gasteiger charge is -2.15. The normalized spacial score (nSPS) is 19.2. The highest BCUT2D eigenvalue weighted by Gasteiger charge is 2.15. The summed E-state index contributed by atoms with van der Waals surface area (Å²) in [5.74, 6) is 0.0839. The fourth-order valence-electron chi connectivity index (χ4n) is 1.02. The van der Waals surface area contributed by atoms with Crippen LogP contribution >= 0.6 is 15.9 Å². The standard InChI is InChI=1S/C7H10BrNO/c1-2-5-6(8)3-4-9-7(5)10/h2-4H2,1H3,(H,9,10). The van der Waals surface area contributed by atoms with Gasteiger partial charge in [0.25, 0.3) is 0 Å². The summed E-state index contributed by atoms with van der Waals surface area (Å²) in [6, 6.07) is 0. The molecule has 2 nitrogen and oxygen atoms in total. The second-order valence-corrected chi connectivity index (χ2v) is 3.20. The fourth-order valence-corrected chi connectivity index (χ4v) is 1.68. The van der Waals surface area contributed by atoms with Crippen molar-refractivity contribution >= 4 is 21.8 Å². The molecule has 1 heterocycles. The molecule has 0 aliphatic carbocycles. The third-order valence-corrected chi connectivity index (χ3v) is 2.46. The van der Waals surface area contributed by atoms with Crippen LogP contribution in [-0.4, -0.2) is 12.5 Å². The summed E-state index contributed by atoms with van der Waals surface area (Å²) in [6.45, 7) is 2.75. The number of carbonyl (C=O) groups excluding carboxylic acids is 1. The highest BCUT2D eigenvalue weighted by Crippen LogP contribution is 2.21. The SMILES string of the molecule is CCC1=C(Br)CCNC1=O. The predicted octanol–water partition coefficient (Wildman–Crippen LogP) is 1.57. The van der Waals surface area contributed by atoms with Gasteiger partial charge in [-0.25, -0.2) is 0 Å². The lowest BCUT2D eigenvalue weighted by atomic mass is 10.1. The minimum absolute atomic E-state index is 0.0839. The molecule has 0 atom stereocenters. The molecule has 0 fully saturated rings. The molecule has 0 spiro atoms. The van der Waals surface area contributed by atoms with Gasteiger partial charge < -0.3 is 5.32 Å². The van der Waals surface area contributed by atoms with Crippen molar-refractivity contribution in [2.24, 2.45) is 0 Å². The average Bonchev–Trinajstić information content (AvgIpc) is 1.88. The second-order valence-electron chi connectivity index (χ2n) is 2.24. The number of halogens is 1. The first kappa shape index (κ1) is 7.79. The van der Waals surface area contributed by atoms with Crippen molar-refractivity contribution in [2.45, 2.75) is 19.8 Å². The van der Waals surface area contributed by atoms with Gasteiger partial charge in [0.2, 0.25) is 5.91 Å². The lowest BCUT2D eigenvalue weighted by molar-refractivity contribution is -0.117. The molecule has 0 radical (unpaired) electrons. The maximum atomic E-state index is 11.0. The van der Waals surface area contributed by atoms with Crippen molar-refractivity contribution in [3.63, 3.8) is 0 Å². The average molecular weight is 204 g/mol. The van der Waals surface area contributed by atoms with Gasteiger partial charge in [0.15, 0.2) is 0 Å². The quantitative estimate of drug-likeness (QED) is 0.689. The minimum atomic E-state index is 0.0839. The van der Waals surface area contributed by atoms with E-state index in [9.17, 15) is 4.79 Å². The largest absolute Gasteiger partial charge is 0.352 e. The molecule has 0 saturated carbocycles. The van der Waals surface area contributed by atoms with Crippen LogP contribution < -0.4 is 5.32 Å². The Morgan fingerprint density at radius 3 is 2.80 bits per heavy atom.